The van der Waals surface area contributed by atoms with Gasteiger partial charge in [0.1, 0.15) is 5.54 Å². The first-order valence-corrected chi connectivity index (χ1v) is 8.12. The van der Waals surface area contributed by atoms with Crippen molar-refractivity contribution in [2.45, 2.75) is 83.5 Å². The minimum Gasteiger partial charge on any atom is -0.480 e. The molecule has 2 N–H and O–H groups in total. The van der Waals surface area contributed by atoms with Crippen LogP contribution in [0.3, 0.4) is 0 Å². The molecule has 0 aromatic heterocycles. The second kappa shape index (κ2) is 6.02. The molecule has 2 rings (SSSR count). The number of aliphatic carboxylic acids is 1. The number of carboxylic acid groups (broad SMARTS) is 1. The van der Waals surface area contributed by atoms with Gasteiger partial charge in [-0.3, -0.25) is 15.0 Å². The SMILES string of the molecule is CC(C)NC1(C(=O)O)CCC(N2CCCC2C(C)C)C1. The Morgan fingerprint density at radius 1 is 1.30 bits per heavy atom. The summed E-state index contributed by atoms with van der Waals surface area (Å²) in [6.07, 6.45) is 5.05. The first-order valence-electron chi connectivity index (χ1n) is 8.12. The molecule has 0 radical (unpaired) electrons. The molecule has 116 valence electrons. The van der Waals surface area contributed by atoms with E-state index >= 15 is 0 Å². The smallest absolute Gasteiger partial charge is 0.323 e. The van der Waals surface area contributed by atoms with Gasteiger partial charge in [-0.25, -0.2) is 0 Å². The fourth-order valence-electron chi connectivity index (χ4n) is 4.23. The van der Waals surface area contributed by atoms with E-state index in [0.29, 0.717) is 18.0 Å². The van der Waals surface area contributed by atoms with Crippen LogP contribution in [0.15, 0.2) is 0 Å². The van der Waals surface area contributed by atoms with Crippen molar-refractivity contribution in [2.75, 3.05) is 6.54 Å². The summed E-state index contributed by atoms with van der Waals surface area (Å²) in [5.41, 5.74) is -0.705. The van der Waals surface area contributed by atoms with Crippen LogP contribution in [-0.2, 0) is 4.79 Å². The van der Waals surface area contributed by atoms with Crippen molar-refractivity contribution >= 4 is 5.97 Å². The van der Waals surface area contributed by atoms with Crippen LogP contribution in [-0.4, -0.2) is 46.2 Å². The maximum Gasteiger partial charge on any atom is 0.323 e. The van der Waals surface area contributed by atoms with Gasteiger partial charge in [0.25, 0.3) is 0 Å². The molecule has 1 aliphatic carbocycles. The molecule has 4 nitrogen and oxygen atoms in total. The molecule has 0 amide bonds. The zero-order valence-corrected chi connectivity index (χ0v) is 13.4. The van der Waals surface area contributed by atoms with E-state index in [-0.39, 0.29) is 6.04 Å². The molecule has 1 saturated carbocycles. The molecule has 3 atom stereocenters. The average Bonchev–Trinajstić information content (AvgIpc) is 2.93. The van der Waals surface area contributed by atoms with Crippen molar-refractivity contribution in [1.29, 1.82) is 0 Å². The summed E-state index contributed by atoms with van der Waals surface area (Å²) in [7, 11) is 0. The number of likely N-dealkylation sites (tertiary alicyclic amines) is 1. The second-order valence-corrected chi connectivity index (χ2v) is 7.27. The third kappa shape index (κ3) is 3.01. The lowest BCUT2D eigenvalue weighted by Crippen LogP contribution is -2.54. The Bertz CT molecular complexity index is 356. The molecular weight excluding hydrogens is 252 g/mol. The van der Waals surface area contributed by atoms with Gasteiger partial charge in [0.05, 0.1) is 0 Å². The van der Waals surface area contributed by atoms with Crippen LogP contribution in [0.4, 0.5) is 0 Å². The van der Waals surface area contributed by atoms with Crippen LogP contribution in [0, 0.1) is 5.92 Å². The lowest BCUT2D eigenvalue weighted by Gasteiger charge is -2.34. The third-order valence-electron chi connectivity index (χ3n) is 5.04. The van der Waals surface area contributed by atoms with E-state index in [0.717, 1.165) is 25.8 Å². The van der Waals surface area contributed by atoms with E-state index in [1.54, 1.807) is 0 Å². The monoisotopic (exact) mass is 282 g/mol. The van der Waals surface area contributed by atoms with Crippen molar-refractivity contribution in [3.63, 3.8) is 0 Å². The highest BCUT2D eigenvalue weighted by atomic mass is 16.4. The minimum atomic E-state index is -0.705. The average molecular weight is 282 g/mol. The lowest BCUT2D eigenvalue weighted by molar-refractivity contribution is -0.145. The van der Waals surface area contributed by atoms with E-state index in [9.17, 15) is 9.90 Å². The maximum absolute atomic E-state index is 11.8. The lowest BCUT2D eigenvalue weighted by atomic mass is 9.95. The number of hydrogen-bond acceptors (Lipinski definition) is 3. The van der Waals surface area contributed by atoms with Crippen molar-refractivity contribution in [2.24, 2.45) is 5.92 Å². The standard InChI is InChI=1S/C16H30N2O2/c1-11(2)14-6-5-9-18(14)13-7-8-16(10-13,15(19)20)17-12(3)4/h11-14,17H,5-10H2,1-4H3,(H,19,20). The van der Waals surface area contributed by atoms with Gasteiger partial charge in [-0.1, -0.05) is 13.8 Å². The van der Waals surface area contributed by atoms with E-state index < -0.39 is 11.5 Å². The zero-order chi connectivity index (χ0) is 14.9. The first kappa shape index (κ1) is 15.8. The van der Waals surface area contributed by atoms with Gasteiger partial charge < -0.3 is 5.11 Å². The minimum absolute atomic E-state index is 0.212. The van der Waals surface area contributed by atoms with Gasteiger partial charge >= 0.3 is 5.97 Å². The summed E-state index contributed by atoms with van der Waals surface area (Å²) in [5, 5.41) is 13.0. The van der Waals surface area contributed by atoms with Crippen LogP contribution < -0.4 is 5.32 Å². The fourth-order valence-corrected chi connectivity index (χ4v) is 4.23. The number of hydrogen-bond donors (Lipinski definition) is 2. The van der Waals surface area contributed by atoms with Crippen LogP contribution in [0.5, 0.6) is 0 Å². The summed E-state index contributed by atoms with van der Waals surface area (Å²) < 4.78 is 0. The van der Waals surface area contributed by atoms with Gasteiger partial charge in [-0.15, -0.1) is 0 Å². The predicted molar refractivity (Wildman–Crippen MR) is 80.8 cm³/mol. The first-order chi connectivity index (χ1) is 9.35. The second-order valence-electron chi connectivity index (χ2n) is 7.27. The summed E-state index contributed by atoms with van der Waals surface area (Å²) in [6.45, 7) is 9.78. The highest BCUT2D eigenvalue weighted by Crippen LogP contribution is 2.38. The highest BCUT2D eigenvalue weighted by Gasteiger charge is 2.48. The third-order valence-corrected chi connectivity index (χ3v) is 5.04. The van der Waals surface area contributed by atoms with Crippen LogP contribution in [0.25, 0.3) is 0 Å². The molecule has 3 unspecified atom stereocenters. The summed E-state index contributed by atoms with van der Waals surface area (Å²) in [4.78, 5) is 14.3. The summed E-state index contributed by atoms with van der Waals surface area (Å²) in [5.74, 6) is -0.00983. The molecule has 1 heterocycles. The molecule has 0 bridgehead atoms. The molecule has 20 heavy (non-hydrogen) atoms. The topological polar surface area (TPSA) is 52.6 Å². The van der Waals surface area contributed by atoms with Crippen molar-refractivity contribution in [3.8, 4) is 0 Å². The predicted octanol–water partition coefficient (Wildman–Crippen LogP) is 2.48. The Balaban J connectivity index is 2.08. The zero-order valence-electron chi connectivity index (χ0n) is 13.4. The Kier molecular flexibility index (Phi) is 4.75. The van der Waals surface area contributed by atoms with Gasteiger partial charge in [0.15, 0.2) is 0 Å². The molecular formula is C16H30N2O2. The maximum atomic E-state index is 11.8. The number of nitrogens with one attached hydrogen (secondary N) is 1. The van der Waals surface area contributed by atoms with E-state index in [1.165, 1.54) is 12.8 Å². The molecule has 1 saturated heterocycles. The van der Waals surface area contributed by atoms with Gasteiger partial charge in [-0.05, 0) is 58.4 Å². The normalized spacial score (nSPS) is 35.3. The Labute approximate surface area is 122 Å². The van der Waals surface area contributed by atoms with Gasteiger partial charge in [0.2, 0.25) is 0 Å². The summed E-state index contributed by atoms with van der Waals surface area (Å²) in [6, 6.07) is 1.29. The summed E-state index contributed by atoms with van der Waals surface area (Å²) >= 11 is 0. The number of nitrogens with zero attached hydrogens (tertiary/aromatic N) is 1. The number of carbonyl (C=O) groups is 1. The number of rotatable bonds is 5. The molecule has 2 fully saturated rings. The van der Waals surface area contributed by atoms with Crippen molar-refractivity contribution < 1.29 is 9.90 Å². The Morgan fingerprint density at radius 3 is 2.55 bits per heavy atom. The van der Waals surface area contributed by atoms with Crippen LogP contribution in [0.1, 0.15) is 59.8 Å². The van der Waals surface area contributed by atoms with Crippen molar-refractivity contribution in [1.82, 2.24) is 10.2 Å². The largest absolute Gasteiger partial charge is 0.480 e. The molecule has 0 spiro atoms. The van der Waals surface area contributed by atoms with E-state index in [1.807, 2.05) is 13.8 Å². The Morgan fingerprint density at radius 2 is 2.00 bits per heavy atom. The van der Waals surface area contributed by atoms with Crippen LogP contribution >= 0.6 is 0 Å². The Hall–Kier alpha value is -0.610. The molecule has 0 aromatic rings. The molecule has 1 aliphatic heterocycles. The molecule has 0 aromatic carbocycles. The van der Waals surface area contributed by atoms with E-state index in [2.05, 4.69) is 24.1 Å². The highest BCUT2D eigenvalue weighted by molar-refractivity contribution is 5.79. The van der Waals surface area contributed by atoms with E-state index in [4.69, 9.17) is 0 Å². The number of carboxylic acids is 1. The van der Waals surface area contributed by atoms with Gasteiger partial charge in [0, 0.05) is 18.1 Å². The van der Waals surface area contributed by atoms with Crippen LogP contribution in [0.2, 0.25) is 0 Å². The van der Waals surface area contributed by atoms with Gasteiger partial charge in [-0.2, -0.15) is 0 Å². The van der Waals surface area contributed by atoms with Crippen molar-refractivity contribution in [3.05, 3.63) is 0 Å². The molecule has 4 heteroatoms. The fraction of sp³-hybridized carbons (Fsp3) is 0.938. The quantitative estimate of drug-likeness (QED) is 0.813. The molecule has 2 aliphatic rings.